The molecule has 14 heavy (non-hydrogen) atoms. The average Bonchev–Trinajstić information content (AvgIpc) is 2.75. The number of rotatable bonds is 2. The van der Waals surface area contributed by atoms with Crippen molar-refractivity contribution >= 4 is 27.7 Å². The molecule has 1 N–H and O–H groups in total. The Morgan fingerprint density at radius 2 is 2.50 bits per heavy atom. The van der Waals surface area contributed by atoms with E-state index < -0.39 is 6.10 Å². The molecule has 2 rings (SSSR count). The summed E-state index contributed by atoms with van der Waals surface area (Å²) < 4.78 is 2.29. The van der Waals surface area contributed by atoms with Crippen molar-refractivity contribution in [3.8, 4) is 0 Å². The Morgan fingerprint density at radius 3 is 3.00 bits per heavy atom. The van der Waals surface area contributed by atoms with Gasteiger partial charge >= 0.3 is 0 Å². The van der Waals surface area contributed by atoms with E-state index in [9.17, 15) is 5.11 Å². The molecule has 6 heteroatoms. The van der Waals surface area contributed by atoms with Crippen LogP contribution >= 0.6 is 27.7 Å². The summed E-state index contributed by atoms with van der Waals surface area (Å²) in [7, 11) is 1.80. The highest BCUT2D eigenvalue weighted by Gasteiger charge is 2.29. The Morgan fingerprint density at radius 1 is 1.71 bits per heavy atom. The fraction of sp³-hybridized carbons (Fsp3) is 0.750. The van der Waals surface area contributed by atoms with E-state index in [1.165, 1.54) is 6.42 Å². The largest absolute Gasteiger partial charge is 0.386 e. The predicted molar refractivity (Wildman–Crippen MR) is 59.1 cm³/mol. The van der Waals surface area contributed by atoms with Crippen molar-refractivity contribution in [3.05, 3.63) is 10.3 Å². The van der Waals surface area contributed by atoms with Crippen LogP contribution in [0.3, 0.4) is 0 Å². The van der Waals surface area contributed by atoms with Crippen molar-refractivity contribution in [3.63, 3.8) is 0 Å². The van der Waals surface area contributed by atoms with E-state index in [0.29, 0.717) is 9.85 Å². The molecule has 0 amide bonds. The van der Waals surface area contributed by atoms with Gasteiger partial charge in [0.1, 0.15) is 11.8 Å². The van der Waals surface area contributed by atoms with Crippen LogP contribution in [0.1, 0.15) is 24.6 Å². The minimum Gasteiger partial charge on any atom is -0.386 e. The highest BCUT2D eigenvalue weighted by molar-refractivity contribution is 9.10. The standard InChI is InChI=1S/C8H12BrN3OS/c1-12-6(8(9)10-11-12)7(13)5-3-2-4-14-5/h5,7,13H,2-4H2,1H3. The molecule has 0 aliphatic carbocycles. The molecule has 1 aliphatic rings. The lowest BCUT2D eigenvalue weighted by atomic mass is 10.1. The molecule has 1 aromatic rings. The van der Waals surface area contributed by atoms with Gasteiger partial charge in [0.25, 0.3) is 0 Å². The zero-order valence-corrected chi connectivity index (χ0v) is 10.3. The van der Waals surface area contributed by atoms with Crippen LogP contribution in [-0.2, 0) is 7.05 Å². The third-order valence-corrected chi connectivity index (χ3v) is 4.43. The van der Waals surface area contributed by atoms with E-state index in [0.717, 1.165) is 17.9 Å². The normalized spacial score (nSPS) is 24.1. The van der Waals surface area contributed by atoms with Crippen molar-refractivity contribution < 1.29 is 5.11 Å². The lowest BCUT2D eigenvalue weighted by Gasteiger charge is -2.16. The van der Waals surface area contributed by atoms with E-state index in [-0.39, 0.29) is 0 Å². The monoisotopic (exact) mass is 277 g/mol. The van der Waals surface area contributed by atoms with Gasteiger partial charge in [0, 0.05) is 12.3 Å². The van der Waals surface area contributed by atoms with Gasteiger partial charge in [0.05, 0.1) is 0 Å². The average molecular weight is 278 g/mol. The van der Waals surface area contributed by atoms with Crippen LogP contribution in [0.4, 0.5) is 0 Å². The van der Waals surface area contributed by atoms with Crippen molar-refractivity contribution in [1.82, 2.24) is 15.0 Å². The van der Waals surface area contributed by atoms with Crippen LogP contribution in [0.25, 0.3) is 0 Å². The lowest BCUT2D eigenvalue weighted by Crippen LogP contribution is -2.16. The summed E-state index contributed by atoms with van der Waals surface area (Å²) in [6.07, 6.45) is 1.80. The third kappa shape index (κ3) is 1.83. The van der Waals surface area contributed by atoms with Crippen LogP contribution in [0, 0.1) is 0 Å². The summed E-state index contributed by atoms with van der Waals surface area (Å²) in [6.45, 7) is 0. The number of hydrogen-bond donors (Lipinski definition) is 1. The molecule has 0 radical (unpaired) electrons. The smallest absolute Gasteiger partial charge is 0.154 e. The van der Waals surface area contributed by atoms with E-state index in [4.69, 9.17) is 0 Å². The minimum absolute atomic E-state index is 0.295. The molecule has 1 saturated heterocycles. The zero-order valence-electron chi connectivity index (χ0n) is 7.85. The summed E-state index contributed by atoms with van der Waals surface area (Å²) in [5, 5.41) is 18.1. The van der Waals surface area contributed by atoms with Crippen LogP contribution < -0.4 is 0 Å². The first-order valence-corrected chi connectivity index (χ1v) is 6.39. The van der Waals surface area contributed by atoms with Crippen LogP contribution in [0.15, 0.2) is 4.60 Å². The molecule has 0 spiro atoms. The molecular formula is C8H12BrN3OS. The summed E-state index contributed by atoms with van der Waals surface area (Å²) in [5.74, 6) is 1.14. The second-order valence-electron chi connectivity index (χ2n) is 3.39. The molecule has 2 heterocycles. The van der Waals surface area contributed by atoms with E-state index >= 15 is 0 Å². The van der Waals surface area contributed by atoms with Crippen LogP contribution in [0.2, 0.25) is 0 Å². The fourth-order valence-electron chi connectivity index (χ4n) is 1.68. The predicted octanol–water partition coefficient (Wildman–Crippen LogP) is 1.51. The maximum Gasteiger partial charge on any atom is 0.154 e. The van der Waals surface area contributed by atoms with Gasteiger partial charge < -0.3 is 5.11 Å². The molecule has 0 bridgehead atoms. The maximum absolute atomic E-state index is 10.1. The Balaban J connectivity index is 2.21. The van der Waals surface area contributed by atoms with Gasteiger partial charge in [-0.3, -0.25) is 0 Å². The van der Waals surface area contributed by atoms with E-state index in [1.807, 2.05) is 11.8 Å². The van der Waals surface area contributed by atoms with Crippen molar-refractivity contribution in [2.45, 2.75) is 24.2 Å². The number of thioether (sulfide) groups is 1. The minimum atomic E-state index is -0.461. The number of hydrogen-bond acceptors (Lipinski definition) is 4. The number of aliphatic hydroxyl groups is 1. The number of aromatic nitrogens is 3. The Bertz CT molecular complexity index is 305. The van der Waals surface area contributed by atoms with Crippen LogP contribution in [-0.4, -0.2) is 31.1 Å². The van der Waals surface area contributed by atoms with E-state index in [2.05, 4.69) is 26.2 Å². The SMILES string of the molecule is Cn1nnc(Br)c1C(O)C1CCCS1. The topological polar surface area (TPSA) is 50.9 Å². The summed E-state index contributed by atoms with van der Waals surface area (Å²) in [4.78, 5) is 0. The van der Waals surface area contributed by atoms with Gasteiger partial charge in [0.2, 0.25) is 0 Å². The Labute approximate surface area is 95.2 Å². The highest BCUT2D eigenvalue weighted by Crippen LogP contribution is 2.37. The number of nitrogens with zero attached hydrogens (tertiary/aromatic N) is 3. The van der Waals surface area contributed by atoms with Crippen molar-refractivity contribution in [1.29, 1.82) is 0 Å². The second-order valence-corrected chi connectivity index (χ2v) is 5.48. The molecular weight excluding hydrogens is 266 g/mol. The first kappa shape index (κ1) is 10.4. The lowest BCUT2D eigenvalue weighted by molar-refractivity contribution is 0.162. The number of aryl methyl sites for hydroxylation is 1. The first-order valence-electron chi connectivity index (χ1n) is 4.55. The molecule has 0 aromatic carbocycles. The fourth-order valence-corrected chi connectivity index (χ4v) is 3.52. The Hall–Kier alpha value is -0.0700. The maximum atomic E-state index is 10.1. The second kappa shape index (κ2) is 4.20. The molecule has 2 unspecified atom stereocenters. The summed E-state index contributed by atoms with van der Waals surface area (Å²) in [6, 6.07) is 0. The van der Waals surface area contributed by atoms with Gasteiger partial charge in [0.15, 0.2) is 4.60 Å². The van der Waals surface area contributed by atoms with Gasteiger partial charge in [-0.25, -0.2) is 4.68 Å². The van der Waals surface area contributed by atoms with Gasteiger partial charge in [-0.2, -0.15) is 11.8 Å². The van der Waals surface area contributed by atoms with Gasteiger partial charge in [-0.15, -0.1) is 5.10 Å². The molecule has 0 saturated carbocycles. The molecule has 1 aromatic heterocycles. The molecule has 2 atom stereocenters. The van der Waals surface area contributed by atoms with Crippen molar-refractivity contribution in [2.24, 2.45) is 7.05 Å². The van der Waals surface area contributed by atoms with E-state index in [1.54, 1.807) is 11.7 Å². The van der Waals surface area contributed by atoms with Gasteiger partial charge in [-0.05, 0) is 34.5 Å². The molecule has 4 nitrogen and oxygen atoms in total. The Kier molecular flexibility index (Phi) is 3.14. The van der Waals surface area contributed by atoms with Crippen LogP contribution in [0.5, 0.6) is 0 Å². The molecule has 1 fully saturated rings. The molecule has 1 aliphatic heterocycles. The molecule has 78 valence electrons. The third-order valence-electron chi connectivity index (χ3n) is 2.42. The summed E-state index contributed by atoms with van der Waals surface area (Å²) in [5.41, 5.74) is 0.782. The van der Waals surface area contributed by atoms with Crippen molar-refractivity contribution in [2.75, 3.05) is 5.75 Å². The number of aliphatic hydroxyl groups excluding tert-OH is 1. The quantitative estimate of drug-likeness (QED) is 0.891. The number of halogens is 1. The zero-order chi connectivity index (χ0) is 10.1. The first-order chi connectivity index (χ1) is 6.70. The highest BCUT2D eigenvalue weighted by atomic mass is 79.9. The van der Waals surface area contributed by atoms with Gasteiger partial charge in [-0.1, -0.05) is 5.21 Å². The summed E-state index contributed by atoms with van der Waals surface area (Å²) >= 11 is 5.13.